The molecule has 0 aliphatic rings. The highest BCUT2D eigenvalue weighted by Gasteiger charge is 2.18. The highest BCUT2D eigenvalue weighted by Crippen LogP contribution is 2.22. The van der Waals surface area contributed by atoms with E-state index in [1.807, 2.05) is 0 Å². The van der Waals surface area contributed by atoms with E-state index in [4.69, 9.17) is 9.15 Å². The lowest BCUT2D eigenvalue weighted by Gasteiger charge is -2.10. The Bertz CT molecular complexity index is 1460. The number of hydrogen-bond donors (Lipinski definition) is 2. The highest BCUT2D eigenvalue weighted by atomic mass is 32.2. The minimum Gasteiger partial charge on any atom is -0.497 e. The summed E-state index contributed by atoms with van der Waals surface area (Å²) in [6.45, 7) is 0. The van der Waals surface area contributed by atoms with Crippen molar-refractivity contribution < 1.29 is 22.4 Å². The maximum absolute atomic E-state index is 12.8. The number of nitrogens with one attached hydrogen (secondary N) is 2. The Morgan fingerprint density at radius 2 is 1.78 bits per heavy atom. The number of ether oxygens (including phenoxy) is 1. The molecule has 0 radical (unpaired) electrons. The first-order valence-electron chi connectivity index (χ1n) is 9.33. The van der Waals surface area contributed by atoms with Crippen molar-refractivity contribution >= 4 is 38.3 Å². The normalized spacial score (nSPS) is 11.2. The van der Waals surface area contributed by atoms with Gasteiger partial charge in [0, 0.05) is 35.1 Å². The van der Waals surface area contributed by atoms with E-state index >= 15 is 0 Å². The number of para-hydroxylation sites is 1. The molecule has 0 unspecified atom stereocenters. The Morgan fingerprint density at radius 1 is 1.00 bits per heavy atom. The molecule has 9 nitrogen and oxygen atoms in total. The van der Waals surface area contributed by atoms with E-state index in [0.717, 1.165) is 0 Å². The van der Waals surface area contributed by atoms with Crippen LogP contribution >= 0.6 is 0 Å². The molecule has 1 amide bonds. The first-order valence-corrected chi connectivity index (χ1v) is 10.8. The van der Waals surface area contributed by atoms with Crippen LogP contribution in [0.1, 0.15) is 10.4 Å². The van der Waals surface area contributed by atoms with Gasteiger partial charge in [-0.3, -0.25) is 9.52 Å². The Hall–Kier alpha value is -4.18. The lowest BCUT2D eigenvalue weighted by molar-refractivity contribution is 0.102. The van der Waals surface area contributed by atoms with Crippen LogP contribution in [0.2, 0.25) is 0 Å². The van der Waals surface area contributed by atoms with Crippen molar-refractivity contribution in [2.24, 2.45) is 0 Å². The van der Waals surface area contributed by atoms with Gasteiger partial charge in [0.2, 0.25) is 0 Å². The van der Waals surface area contributed by atoms with Gasteiger partial charge in [-0.1, -0.05) is 12.1 Å². The summed E-state index contributed by atoms with van der Waals surface area (Å²) in [5, 5.41) is 2.91. The third-order valence-electron chi connectivity index (χ3n) is 4.50. The van der Waals surface area contributed by atoms with Crippen LogP contribution in [0.25, 0.3) is 11.0 Å². The molecule has 2 heterocycles. The number of fused-ring (bicyclic) bond motifs is 1. The number of nitrogens with zero attached hydrogens (tertiary/aromatic N) is 1. The minimum absolute atomic E-state index is 0.137. The summed E-state index contributed by atoms with van der Waals surface area (Å²) in [6.07, 6.45) is 1.27. The summed E-state index contributed by atoms with van der Waals surface area (Å²) < 4.78 is 38.1. The Morgan fingerprint density at radius 3 is 2.53 bits per heavy atom. The predicted molar refractivity (Wildman–Crippen MR) is 118 cm³/mol. The number of carbonyl (C=O) groups is 1. The second-order valence-corrected chi connectivity index (χ2v) is 8.28. The van der Waals surface area contributed by atoms with Gasteiger partial charge in [-0.05, 0) is 42.5 Å². The average molecular weight is 451 g/mol. The van der Waals surface area contributed by atoms with Crippen molar-refractivity contribution in [1.82, 2.24) is 4.98 Å². The summed E-state index contributed by atoms with van der Waals surface area (Å²) in [7, 11) is -2.50. The number of benzene rings is 2. The van der Waals surface area contributed by atoms with Gasteiger partial charge in [-0.2, -0.15) is 8.42 Å². The Balaban J connectivity index is 1.58. The number of aromatic nitrogens is 1. The van der Waals surface area contributed by atoms with Crippen molar-refractivity contribution in [3.63, 3.8) is 0 Å². The van der Waals surface area contributed by atoms with Gasteiger partial charge in [0.15, 0.2) is 10.6 Å². The molecule has 0 fully saturated rings. The molecule has 0 bridgehead atoms. The number of anilines is 2. The minimum atomic E-state index is -4.01. The summed E-state index contributed by atoms with van der Waals surface area (Å²) in [5.74, 6) is 0.0164. The van der Waals surface area contributed by atoms with Crippen LogP contribution in [0.15, 0.2) is 87.2 Å². The first kappa shape index (κ1) is 21.1. The zero-order valence-electron chi connectivity index (χ0n) is 16.7. The van der Waals surface area contributed by atoms with Gasteiger partial charge in [0.1, 0.15) is 5.75 Å². The van der Waals surface area contributed by atoms with Crippen molar-refractivity contribution in [3.8, 4) is 5.75 Å². The topological polar surface area (TPSA) is 128 Å². The summed E-state index contributed by atoms with van der Waals surface area (Å²) >= 11 is 0. The van der Waals surface area contributed by atoms with E-state index in [1.165, 1.54) is 37.6 Å². The summed E-state index contributed by atoms with van der Waals surface area (Å²) in [5.41, 5.74) is 0.223. The van der Waals surface area contributed by atoms with Crippen LogP contribution in [0.3, 0.4) is 0 Å². The van der Waals surface area contributed by atoms with Gasteiger partial charge >= 0.3 is 5.63 Å². The number of amides is 1. The maximum Gasteiger partial charge on any atom is 0.336 e. The fourth-order valence-corrected chi connectivity index (χ4v) is 4.00. The lowest BCUT2D eigenvalue weighted by atomic mass is 10.1. The highest BCUT2D eigenvalue weighted by molar-refractivity contribution is 7.92. The zero-order valence-corrected chi connectivity index (χ0v) is 17.5. The van der Waals surface area contributed by atoms with E-state index in [-0.39, 0.29) is 21.9 Å². The van der Waals surface area contributed by atoms with E-state index < -0.39 is 21.6 Å². The molecule has 0 atom stereocenters. The number of rotatable bonds is 6. The second-order valence-electron chi connectivity index (χ2n) is 6.65. The molecular formula is C22H17N3O6S. The average Bonchev–Trinajstić information content (AvgIpc) is 2.79. The second kappa shape index (κ2) is 8.52. The van der Waals surface area contributed by atoms with Gasteiger partial charge in [0.25, 0.3) is 15.9 Å². The maximum atomic E-state index is 12.8. The number of methoxy groups -OCH3 is 1. The van der Waals surface area contributed by atoms with Crippen molar-refractivity contribution in [3.05, 3.63) is 88.9 Å². The van der Waals surface area contributed by atoms with E-state index in [2.05, 4.69) is 15.0 Å². The molecule has 2 aromatic heterocycles. The third-order valence-corrected chi connectivity index (χ3v) is 5.78. The molecule has 0 aliphatic heterocycles. The van der Waals surface area contributed by atoms with Crippen LogP contribution < -0.4 is 20.4 Å². The molecule has 162 valence electrons. The fourth-order valence-electron chi connectivity index (χ4n) is 2.97. The predicted octanol–water partition coefficient (Wildman–Crippen LogP) is 3.25. The van der Waals surface area contributed by atoms with Crippen LogP contribution in [0.4, 0.5) is 11.4 Å². The summed E-state index contributed by atoms with van der Waals surface area (Å²) in [6, 6.07) is 16.7. The standard InChI is InChI=1S/C22H17N3O6S/c1-30-17-8-6-15(7-9-17)25-32(28,29)19-13-16(11-12-23-19)24-22(27)18-4-2-3-14-5-10-20(26)31-21(14)18/h2-13,25H,1H3,(H,23,24,27). The molecule has 32 heavy (non-hydrogen) atoms. The largest absolute Gasteiger partial charge is 0.497 e. The van der Waals surface area contributed by atoms with Crippen LogP contribution in [0, 0.1) is 0 Å². The van der Waals surface area contributed by atoms with Crippen molar-refractivity contribution in [2.75, 3.05) is 17.1 Å². The fraction of sp³-hybridized carbons (Fsp3) is 0.0455. The molecular weight excluding hydrogens is 434 g/mol. The molecule has 4 aromatic rings. The molecule has 0 spiro atoms. The van der Waals surface area contributed by atoms with Gasteiger partial charge in [-0.25, -0.2) is 9.78 Å². The van der Waals surface area contributed by atoms with E-state index in [1.54, 1.807) is 42.5 Å². The number of carbonyl (C=O) groups excluding carboxylic acids is 1. The van der Waals surface area contributed by atoms with Gasteiger partial charge < -0.3 is 14.5 Å². The van der Waals surface area contributed by atoms with E-state index in [9.17, 15) is 18.0 Å². The number of pyridine rings is 1. The van der Waals surface area contributed by atoms with Crippen LogP contribution in [-0.4, -0.2) is 26.4 Å². The number of hydrogen-bond acceptors (Lipinski definition) is 7. The third kappa shape index (κ3) is 4.44. The lowest BCUT2D eigenvalue weighted by Crippen LogP contribution is -2.16. The van der Waals surface area contributed by atoms with Crippen LogP contribution in [-0.2, 0) is 10.0 Å². The monoisotopic (exact) mass is 451 g/mol. The SMILES string of the molecule is COc1ccc(NS(=O)(=O)c2cc(NC(=O)c3cccc4ccc(=O)oc34)ccn2)cc1. The van der Waals surface area contributed by atoms with Gasteiger partial charge in [0.05, 0.1) is 12.7 Å². The van der Waals surface area contributed by atoms with Crippen molar-refractivity contribution in [1.29, 1.82) is 0 Å². The molecule has 2 aromatic carbocycles. The summed E-state index contributed by atoms with van der Waals surface area (Å²) in [4.78, 5) is 28.2. The van der Waals surface area contributed by atoms with Gasteiger partial charge in [-0.15, -0.1) is 0 Å². The molecule has 0 aliphatic carbocycles. The quantitative estimate of drug-likeness (QED) is 0.431. The molecule has 2 N–H and O–H groups in total. The Kier molecular flexibility index (Phi) is 5.61. The molecule has 0 saturated carbocycles. The smallest absolute Gasteiger partial charge is 0.336 e. The first-order chi connectivity index (χ1) is 15.4. The molecule has 4 rings (SSSR count). The zero-order chi connectivity index (χ0) is 22.7. The van der Waals surface area contributed by atoms with E-state index in [0.29, 0.717) is 16.8 Å². The van der Waals surface area contributed by atoms with Crippen molar-refractivity contribution in [2.45, 2.75) is 5.03 Å². The Labute approximate surface area is 182 Å². The molecule has 0 saturated heterocycles. The van der Waals surface area contributed by atoms with Crippen LogP contribution in [0.5, 0.6) is 5.75 Å². The molecule has 10 heteroatoms. The number of sulfonamides is 1.